The smallest absolute Gasteiger partial charge is 0.239 e. The zero-order valence-corrected chi connectivity index (χ0v) is 8.09. The van der Waals surface area contributed by atoms with Crippen LogP contribution in [0.25, 0.3) is 0 Å². The minimum atomic E-state index is -0.0828. The molecular formula is C8H14N4O. The first-order valence-corrected chi connectivity index (χ1v) is 4.08. The maximum Gasteiger partial charge on any atom is 0.239 e. The fraction of sp³-hybridized carbons (Fsp3) is 0.500. The number of hydrogen-bond acceptors (Lipinski definition) is 3. The first-order valence-electron chi connectivity index (χ1n) is 4.08. The van der Waals surface area contributed by atoms with Crippen molar-refractivity contribution in [2.75, 3.05) is 18.9 Å². The van der Waals surface area contributed by atoms with Crippen LogP contribution >= 0.6 is 0 Å². The largest absolute Gasteiger partial charge is 0.311 e. The third kappa shape index (κ3) is 2.55. The lowest BCUT2D eigenvalue weighted by molar-refractivity contribution is -0.115. The highest BCUT2D eigenvalue weighted by Crippen LogP contribution is 2.05. The van der Waals surface area contributed by atoms with Crippen molar-refractivity contribution in [1.82, 2.24) is 15.1 Å². The van der Waals surface area contributed by atoms with E-state index in [1.807, 2.05) is 20.0 Å². The summed E-state index contributed by atoms with van der Waals surface area (Å²) >= 11 is 0. The average Bonchev–Trinajstić information content (AvgIpc) is 2.31. The average molecular weight is 182 g/mol. The van der Waals surface area contributed by atoms with E-state index in [1.54, 1.807) is 11.7 Å². The summed E-state index contributed by atoms with van der Waals surface area (Å²) in [5, 5.41) is 9.52. The fourth-order valence-corrected chi connectivity index (χ4v) is 0.969. The molecule has 0 aliphatic heterocycles. The summed E-state index contributed by atoms with van der Waals surface area (Å²) in [6, 6.07) is 1.83. The Balaban J connectivity index is 2.59. The molecule has 5 heteroatoms. The Morgan fingerprint density at radius 1 is 1.69 bits per heavy atom. The van der Waals surface area contributed by atoms with Crippen molar-refractivity contribution in [2.45, 2.75) is 6.92 Å². The SMILES string of the molecule is CNCC(=O)Nc1cc(C)n(C)n1. The maximum absolute atomic E-state index is 11.1. The fourth-order valence-electron chi connectivity index (χ4n) is 0.969. The number of likely N-dealkylation sites (N-methyl/N-ethyl adjacent to an activating group) is 1. The van der Waals surface area contributed by atoms with Crippen LogP contribution in [0.3, 0.4) is 0 Å². The van der Waals surface area contributed by atoms with Crippen LogP contribution in [0, 0.1) is 6.92 Å². The summed E-state index contributed by atoms with van der Waals surface area (Å²) in [5.41, 5.74) is 1.01. The number of carbonyl (C=O) groups excluding carboxylic acids is 1. The van der Waals surface area contributed by atoms with Gasteiger partial charge in [0.2, 0.25) is 5.91 Å². The van der Waals surface area contributed by atoms with Gasteiger partial charge in [0.05, 0.1) is 6.54 Å². The summed E-state index contributed by atoms with van der Waals surface area (Å²) in [6.07, 6.45) is 0. The molecule has 2 N–H and O–H groups in total. The molecule has 0 aromatic carbocycles. The van der Waals surface area contributed by atoms with Crippen molar-refractivity contribution < 1.29 is 4.79 Å². The number of nitrogens with zero attached hydrogens (tertiary/aromatic N) is 2. The number of aromatic nitrogens is 2. The van der Waals surface area contributed by atoms with Crippen molar-refractivity contribution in [3.05, 3.63) is 11.8 Å². The number of carbonyl (C=O) groups is 1. The molecule has 72 valence electrons. The van der Waals surface area contributed by atoms with E-state index in [0.717, 1.165) is 5.69 Å². The van der Waals surface area contributed by atoms with Gasteiger partial charge in [-0.2, -0.15) is 5.10 Å². The van der Waals surface area contributed by atoms with E-state index in [1.165, 1.54) is 0 Å². The molecule has 0 saturated heterocycles. The number of nitrogens with one attached hydrogen (secondary N) is 2. The van der Waals surface area contributed by atoms with Crippen molar-refractivity contribution >= 4 is 11.7 Å². The zero-order valence-electron chi connectivity index (χ0n) is 8.09. The van der Waals surface area contributed by atoms with E-state index >= 15 is 0 Å². The summed E-state index contributed by atoms with van der Waals surface area (Å²) in [7, 11) is 3.56. The molecule has 0 saturated carbocycles. The molecule has 0 bridgehead atoms. The Hall–Kier alpha value is -1.36. The van der Waals surface area contributed by atoms with Crippen LogP contribution in [0.5, 0.6) is 0 Å². The summed E-state index contributed by atoms with van der Waals surface area (Å²) in [6.45, 7) is 2.23. The Bertz CT molecular complexity index is 286. The molecule has 0 radical (unpaired) electrons. The van der Waals surface area contributed by atoms with Gasteiger partial charge in [-0.15, -0.1) is 0 Å². The predicted octanol–water partition coefficient (Wildman–Crippen LogP) is -0.114. The van der Waals surface area contributed by atoms with Crippen molar-refractivity contribution in [3.63, 3.8) is 0 Å². The van der Waals surface area contributed by atoms with Gasteiger partial charge >= 0.3 is 0 Å². The molecule has 0 unspecified atom stereocenters. The summed E-state index contributed by atoms with van der Waals surface area (Å²) < 4.78 is 1.72. The van der Waals surface area contributed by atoms with Gasteiger partial charge in [0.1, 0.15) is 0 Å². The van der Waals surface area contributed by atoms with E-state index in [2.05, 4.69) is 15.7 Å². The normalized spacial score (nSPS) is 10.1. The quantitative estimate of drug-likeness (QED) is 0.685. The molecule has 1 heterocycles. The van der Waals surface area contributed by atoms with Crippen LogP contribution in [0.4, 0.5) is 5.82 Å². The second-order valence-corrected chi connectivity index (χ2v) is 2.87. The van der Waals surface area contributed by atoms with Crippen LogP contribution in [0.2, 0.25) is 0 Å². The van der Waals surface area contributed by atoms with Crippen LogP contribution in [-0.2, 0) is 11.8 Å². The van der Waals surface area contributed by atoms with Gasteiger partial charge in [-0.1, -0.05) is 0 Å². The highest BCUT2D eigenvalue weighted by molar-refractivity contribution is 5.91. The molecule has 1 aromatic rings. The van der Waals surface area contributed by atoms with E-state index in [9.17, 15) is 4.79 Å². The predicted molar refractivity (Wildman–Crippen MR) is 50.5 cm³/mol. The monoisotopic (exact) mass is 182 g/mol. The second-order valence-electron chi connectivity index (χ2n) is 2.87. The van der Waals surface area contributed by atoms with Crippen LogP contribution in [-0.4, -0.2) is 29.3 Å². The molecule has 1 aromatic heterocycles. The standard InChI is InChI=1S/C8H14N4O/c1-6-4-7(11-12(6)3)10-8(13)5-9-2/h4,9H,5H2,1-3H3,(H,10,11,13). The van der Waals surface area contributed by atoms with E-state index < -0.39 is 0 Å². The first-order chi connectivity index (χ1) is 6.13. The van der Waals surface area contributed by atoms with Crippen LogP contribution in [0.15, 0.2) is 6.07 Å². The number of aryl methyl sites for hydroxylation is 2. The Kier molecular flexibility index (Phi) is 3.02. The van der Waals surface area contributed by atoms with Crippen molar-refractivity contribution in [3.8, 4) is 0 Å². The van der Waals surface area contributed by atoms with Gasteiger partial charge < -0.3 is 10.6 Å². The third-order valence-electron chi connectivity index (χ3n) is 1.72. The van der Waals surface area contributed by atoms with E-state index in [0.29, 0.717) is 12.4 Å². The number of anilines is 1. The minimum absolute atomic E-state index is 0.0828. The molecule has 0 aliphatic rings. The Morgan fingerprint density at radius 3 is 2.85 bits per heavy atom. The number of hydrogen-bond donors (Lipinski definition) is 2. The van der Waals surface area contributed by atoms with E-state index in [4.69, 9.17) is 0 Å². The Morgan fingerprint density at radius 2 is 2.38 bits per heavy atom. The molecule has 1 rings (SSSR count). The summed E-state index contributed by atoms with van der Waals surface area (Å²) in [4.78, 5) is 11.1. The third-order valence-corrected chi connectivity index (χ3v) is 1.72. The van der Waals surface area contributed by atoms with E-state index in [-0.39, 0.29) is 5.91 Å². The number of amides is 1. The lowest BCUT2D eigenvalue weighted by Gasteiger charge is -1.99. The summed E-state index contributed by atoms with van der Waals surface area (Å²) in [5.74, 6) is 0.515. The maximum atomic E-state index is 11.1. The lowest BCUT2D eigenvalue weighted by atomic mass is 10.4. The molecule has 0 spiro atoms. The topological polar surface area (TPSA) is 59.0 Å². The molecular weight excluding hydrogens is 168 g/mol. The molecule has 13 heavy (non-hydrogen) atoms. The molecule has 0 aliphatic carbocycles. The first kappa shape index (κ1) is 9.73. The van der Waals surface area contributed by atoms with Gasteiger partial charge in [-0.3, -0.25) is 9.48 Å². The molecule has 5 nitrogen and oxygen atoms in total. The van der Waals surface area contributed by atoms with Gasteiger partial charge in [0, 0.05) is 18.8 Å². The van der Waals surface area contributed by atoms with Crippen molar-refractivity contribution in [2.24, 2.45) is 7.05 Å². The highest BCUT2D eigenvalue weighted by atomic mass is 16.2. The van der Waals surface area contributed by atoms with Crippen LogP contribution in [0.1, 0.15) is 5.69 Å². The zero-order chi connectivity index (χ0) is 9.84. The van der Waals surface area contributed by atoms with Gasteiger partial charge in [0.15, 0.2) is 5.82 Å². The molecule has 0 atom stereocenters. The van der Waals surface area contributed by atoms with Gasteiger partial charge in [-0.25, -0.2) is 0 Å². The highest BCUT2D eigenvalue weighted by Gasteiger charge is 2.04. The lowest BCUT2D eigenvalue weighted by Crippen LogP contribution is -2.25. The van der Waals surface area contributed by atoms with Crippen LogP contribution < -0.4 is 10.6 Å². The second kappa shape index (κ2) is 4.04. The van der Waals surface area contributed by atoms with Crippen molar-refractivity contribution in [1.29, 1.82) is 0 Å². The molecule has 1 amide bonds. The van der Waals surface area contributed by atoms with Gasteiger partial charge in [-0.05, 0) is 14.0 Å². The number of rotatable bonds is 3. The molecule has 0 fully saturated rings. The van der Waals surface area contributed by atoms with Gasteiger partial charge in [0.25, 0.3) is 0 Å². The minimum Gasteiger partial charge on any atom is -0.311 e. The Labute approximate surface area is 77.1 Å².